The lowest BCUT2D eigenvalue weighted by molar-refractivity contribution is -0.142. The third-order valence-electron chi connectivity index (χ3n) is 9.87. The number of fused-ring (bicyclic) bond motifs is 5. The Balaban J connectivity index is 1.69. The quantitative estimate of drug-likeness (QED) is 0.143. The second-order valence-electron chi connectivity index (χ2n) is 14.6. The van der Waals surface area contributed by atoms with E-state index in [1.165, 1.54) is 27.7 Å². The van der Waals surface area contributed by atoms with Gasteiger partial charge in [-0.1, -0.05) is 18.2 Å². The molecule has 3 aliphatic rings. The Morgan fingerprint density at radius 1 is 0.855 bits per heavy atom. The standard InChI is InChI=1S/C35H48N8O11S/c1-15-27(47)38-22-10-20-19-7-5-6-8-21(19)41-33(20)55-13-24(34(53)43-12-18(46)9-25(43)31(51)37-15)40-32(52)26(17(3)45)42-28(48)16(2)36-30(50)23(39-29(22)49)11-35(4,54)14-44/h5-8,15-18,22-26,41,44-46,54H,9-14H2,1-4H3,(H,36,50)(H,37,51)(H,38,47)(H,39,49)(H,40,52)(H,42,48)/t15-,16+,17+,18+,22-,23-,24+,25-,26+,35+/m0/s1. The SMILES string of the molecule is C[C@@H]1NC(=O)[C@@H]2C[C@@H](O)CN2C(=O)[C@H]2CSc3[nH]c4ccccc4c3C[C@H](NC1=O)C(=O)N[C@@H](C[C@@](C)(O)CO)C(=O)N[C@H](C)C(=O)N[C@H]([C@@H](C)O)C(=O)N2. The number of aromatic nitrogens is 1. The summed E-state index contributed by atoms with van der Waals surface area (Å²) in [4.78, 5) is 101. The minimum atomic E-state index is -1.90. The number of amides is 7. The van der Waals surface area contributed by atoms with Crippen LogP contribution in [-0.4, -0.2) is 151 Å². The lowest BCUT2D eigenvalue weighted by Gasteiger charge is -2.31. The van der Waals surface area contributed by atoms with Crippen LogP contribution in [0.1, 0.15) is 46.1 Å². The van der Waals surface area contributed by atoms with Gasteiger partial charge in [-0.2, -0.15) is 0 Å². The van der Waals surface area contributed by atoms with Gasteiger partial charge >= 0.3 is 0 Å². The van der Waals surface area contributed by atoms with E-state index in [1.807, 2.05) is 0 Å². The molecule has 5 rings (SSSR count). The van der Waals surface area contributed by atoms with Crippen LogP contribution in [-0.2, 0) is 40.0 Å². The molecule has 3 aliphatic heterocycles. The van der Waals surface area contributed by atoms with Gasteiger partial charge in [0, 0.05) is 42.5 Å². The first-order valence-corrected chi connectivity index (χ1v) is 18.9. The first kappa shape index (κ1) is 41.4. The highest BCUT2D eigenvalue weighted by atomic mass is 32.2. The van der Waals surface area contributed by atoms with Gasteiger partial charge in [-0.05, 0) is 39.3 Å². The van der Waals surface area contributed by atoms with Crippen LogP contribution in [0.25, 0.3) is 10.9 Å². The van der Waals surface area contributed by atoms with Crippen LogP contribution in [0.5, 0.6) is 0 Å². The van der Waals surface area contributed by atoms with Crippen molar-refractivity contribution in [2.24, 2.45) is 0 Å². The molecule has 0 unspecified atom stereocenters. The minimum Gasteiger partial charge on any atom is -0.393 e. The van der Waals surface area contributed by atoms with Gasteiger partial charge in [-0.15, -0.1) is 11.8 Å². The molecule has 11 N–H and O–H groups in total. The van der Waals surface area contributed by atoms with Crippen LogP contribution in [0.4, 0.5) is 0 Å². The number of aliphatic hydroxyl groups is 4. The second kappa shape index (κ2) is 16.9. The van der Waals surface area contributed by atoms with Crippen molar-refractivity contribution in [1.29, 1.82) is 0 Å². The summed E-state index contributed by atoms with van der Waals surface area (Å²) in [5.41, 5.74) is -0.741. The molecular weight excluding hydrogens is 740 g/mol. The summed E-state index contributed by atoms with van der Waals surface area (Å²) >= 11 is 1.08. The predicted octanol–water partition coefficient (Wildman–Crippen LogP) is -3.75. The lowest BCUT2D eigenvalue weighted by Crippen LogP contribution is -2.61. The summed E-state index contributed by atoms with van der Waals surface area (Å²) in [5.74, 6) is -6.26. The molecule has 7 amide bonds. The summed E-state index contributed by atoms with van der Waals surface area (Å²) in [6, 6.07) is -2.86. The molecule has 20 heteroatoms. The third-order valence-corrected chi connectivity index (χ3v) is 11.0. The largest absolute Gasteiger partial charge is 0.393 e. The van der Waals surface area contributed by atoms with E-state index in [1.54, 1.807) is 24.3 Å². The Bertz CT molecular complexity index is 1840. The van der Waals surface area contributed by atoms with Crippen LogP contribution >= 0.6 is 11.8 Å². The minimum absolute atomic E-state index is 0.170. The van der Waals surface area contributed by atoms with Gasteiger partial charge in [0.15, 0.2) is 0 Å². The van der Waals surface area contributed by atoms with Gasteiger partial charge in [0.1, 0.15) is 42.3 Å². The molecule has 0 saturated carbocycles. The van der Waals surface area contributed by atoms with Gasteiger partial charge < -0.3 is 62.2 Å². The number of H-pyrrole nitrogens is 1. The number of hydrogen-bond donors (Lipinski definition) is 11. The Labute approximate surface area is 320 Å². The van der Waals surface area contributed by atoms with Crippen molar-refractivity contribution in [1.82, 2.24) is 41.8 Å². The third kappa shape index (κ3) is 9.55. The first-order chi connectivity index (χ1) is 25.9. The highest BCUT2D eigenvalue weighted by Gasteiger charge is 2.44. The number of aliphatic hydroxyl groups excluding tert-OH is 3. The fraction of sp³-hybridized carbons (Fsp3) is 0.571. The molecule has 1 saturated heterocycles. The Kier molecular flexibility index (Phi) is 12.8. The van der Waals surface area contributed by atoms with E-state index in [0.29, 0.717) is 21.5 Å². The van der Waals surface area contributed by atoms with Crippen molar-refractivity contribution in [3.05, 3.63) is 29.8 Å². The van der Waals surface area contributed by atoms with Crippen LogP contribution in [0.15, 0.2) is 29.3 Å². The fourth-order valence-corrected chi connectivity index (χ4v) is 7.85. The van der Waals surface area contributed by atoms with Gasteiger partial charge in [0.05, 0.1) is 29.4 Å². The molecule has 1 aromatic heterocycles. The number of benzene rings is 1. The zero-order valence-electron chi connectivity index (χ0n) is 30.8. The second-order valence-corrected chi connectivity index (χ2v) is 15.6. The molecule has 1 fully saturated rings. The number of carbonyl (C=O) groups excluding carboxylic acids is 7. The monoisotopic (exact) mass is 788 g/mol. The lowest BCUT2D eigenvalue weighted by atomic mass is 9.96. The van der Waals surface area contributed by atoms with Crippen LogP contribution in [0, 0.1) is 0 Å². The normalized spacial score (nSPS) is 30.8. The van der Waals surface area contributed by atoms with E-state index >= 15 is 0 Å². The average molecular weight is 789 g/mol. The maximum atomic E-state index is 14.3. The molecule has 4 heterocycles. The Hall–Kier alpha value is -4.76. The van der Waals surface area contributed by atoms with Crippen molar-refractivity contribution in [3.63, 3.8) is 0 Å². The number of hydrogen-bond acceptors (Lipinski definition) is 12. The van der Waals surface area contributed by atoms with Gasteiger partial charge in [-0.25, -0.2) is 0 Å². The molecule has 0 aliphatic carbocycles. The average Bonchev–Trinajstić information content (AvgIpc) is 3.69. The molecule has 10 atom stereocenters. The van der Waals surface area contributed by atoms with Crippen molar-refractivity contribution in [2.75, 3.05) is 18.9 Å². The zero-order valence-corrected chi connectivity index (χ0v) is 31.6. The number of para-hydroxylation sites is 1. The van der Waals surface area contributed by atoms with E-state index in [2.05, 4.69) is 36.9 Å². The highest BCUT2D eigenvalue weighted by Crippen LogP contribution is 2.32. The Morgan fingerprint density at radius 3 is 2.16 bits per heavy atom. The number of thioether (sulfide) groups is 1. The number of nitrogens with zero attached hydrogens (tertiary/aromatic N) is 1. The van der Waals surface area contributed by atoms with Crippen molar-refractivity contribution >= 4 is 64.0 Å². The topological polar surface area (TPSA) is 292 Å². The fourth-order valence-electron chi connectivity index (χ4n) is 6.74. The summed E-state index contributed by atoms with van der Waals surface area (Å²) in [6.07, 6.45) is -3.53. The van der Waals surface area contributed by atoms with Crippen molar-refractivity contribution < 1.29 is 54.0 Å². The van der Waals surface area contributed by atoms with Crippen LogP contribution in [0.3, 0.4) is 0 Å². The van der Waals surface area contributed by atoms with Crippen molar-refractivity contribution in [3.8, 4) is 0 Å². The number of rotatable bonds is 4. The number of nitrogens with one attached hydrogen (secondary N) is 7. The molecule has 19 nitrogen and oxygen atoms in total. The summed E-state index contributed by atoms with van der Waals surface area (Å²) in [5, 5.41) is 58.1. The van der Waals surface area contributed by atoms with Gasteiger partial charge in [0.2, 0.25) is 41.4 Å². The summed E-state index contributed by atoms with van der Waals surface area (Å²) < 4.78 is 0. The van der Waals surface area contributed by atoms with E-state index in [-0.39, 0.29) is 25.1 Å². The molecule has 2 bridgehead atoms. The van der Waals surface area contributed by atoms with Crippen LogP contribution in [0.2, 0.25) is 0 Å². The van der Waals surface area contributed by atoms with E-state index in [4.69, 9.17) is 0 Å². The molecule has 55 heavy (non-hydrogen) atoms. The summed E-state index contributed by atoms with van der Waals surface area (Å²) in [7, 11) is 0. The van der Waals surface area contributed by atoms with Gasteiger partial charge in [0.25, 0.3) is 0 Å². The molecule has 0 spiro atoms. The molecular formula is C35H48N8O11S. The molecule has 1 aromatic carbocycles. The van der Waals surface area contributed by atoms with E-state index in [9.17, 15) is 54.0 Å². The first-order valence-electron chi connectivity index (χ1n) is 17.9. The number of aromatic amines is 1. The van der Waals surface area contributed by atoms with Gasteiger partial charge in [-0.3, -0.25) is 33.6 Å². The van der Waals surface area contributed by atoms with Crippen molar-refractivity contribution in [2.45, 2.75) is 112 Å². The summed E-state index contributed by atoms with van der Waals surface area (Å²) in [6.45, 7) is 4.02. The smallest absolute Gasteiger partial charge is 0.246 e. The maximum absolute atomic E-state index is 14.3. The van der Waals surface area contributed by atoms with E-state index < -0.39 is 114 Å². The van der Waals surface area contributed by atoms with Crippen LogP contribution < -0.4 is 31.9 Å². The number of carbonyl (C=O) groups is 7. The van der Waals surface area contributed by atoms with E-state index in [0.717, 1.165) is 16.7 Å². The molecule has 0 radical (unpaired) electrons. The molecule has 2 aromatic rings. The predicted molar refractivity (Wildman–Crippen MR) is 196 cm³/mol. The Morgan fingerprint density at radius 2 is 1.49 bits per heavy atom. The molecule has 300 valence electrons. The zero-order chi connectivity index (χ0) is 40.4. The highest BCUT2D eigenvalue weighted by molar-refractivity contribution is 7.99. The maximum Gasteiger partial charge on any atom is 0.246 e.